The van der Waals surface area contributed by atoms with Crippen molar-refractivity contribution in [1.82, 2.24) is 19.4 Å². The fourth-order valence-corrected chi connectivity index (χ4v) is 3.29. The molecule has 0 bridgehead atoms. The van der Waals surface area contributed by atoms with Gasteiger partial charge in [0.25, 0.3) is 0 Å². The summed E-state index contributed by atoms with van der Waals surface area (Å²) in [5.74, 6) is 0.870. The molecule has 2 N–H and O–H groups in total. The van der Waals surface area contributed by atoms with Gasteiger partial charge in [-0.1, -0.05) is 23.7 Å². The normalized spacial score (nSPS) is 12.4. The van der Waals surface area contributed by atoms with E-state index in [9.17, 15) is 5.11 Å². The van der Waals surface area contributed by atoms with E-state index in [1.165, 1.54) is 0 Å². The largest absolute Gasteiger partial charge is 0.386 e. The summed E-state index contributed by atoms with van der Waals surface area (Å²) in [6.45, 7) is 5.43. The van der Waals surface area contributed by atoms with Crippen molar-refractivity contribution < 1.29 is 5.11 Å². The van der Waals surface area contributed by atoms with Crippen molar-refractivity contribution in [3.05, 3.63) is 53.1 Å². The quantitative estimate of drug-likeness (QED) is 0.578. The number of benzene rings is 1. The molecule has 0 saturated carbocycles. The molecule has 3 aromatic heterocycles. The van der Waals surface area contributed by atoms with Crippen molar-refractivity contribution in [2.75, 3.05) is 0 Å². The smallest absolute Gasteiger partial charge is 0.154 e. The summed E-state index contributed by atoms with van der Waals surface area (Å²) in [5.41, 5.74) is 4.14. The van der Waals surface area contributed by atoms with Crippen LogP contribution in [-0.4, -0.2) is 24.5 Å². The Balaban J connectivity index is 1.97. The highest BCUT2D eigenvalue weighted by molar-refractivity contribution is 6.33. The number of aromatic nitrogens is 4. The highest BCUT2D eigenvalue weighted by atomic mass is 35.5. The second kappa shape index (κ2) is 5.06. The maximum atomic E-state index is 10.2. The minimum Gasteiger partial charge on any atom is -0.386 e. The van der Waals surface area contributed by atoms with Crippen LogP contribution >= 0.6 is 11.6 Å². The van der Waals surface area contributed by atoms with Crippen molar-refractivity contribution in [3.63, 3.8) is 0 Å². The van der Waals surface area contributed by atoms with E-state index >= 15 is 0 Å². The number of hydrogen-bond acceptors (Lipinski definition) is 3. The summed E-state index contributed by atoms with van der Waals surface area (Å²) >= 11 is 6.49. The molecule has 0 aliphatic rings. The van der Waals surface area contributed by atoms with Crippen LogP contribution in [-0.2, 0) is 5.60 Å². The Labute approximate surface area is 143 Å². The molecule has 1 aromatic carbocycles. The lowest BCUT2D eigenvalue weighted by Crippen LogP contribution is -2.15. The van der Waals surface area contributed by atoms with Gasteiger partial charge in [-0.2, -0.15) is 0 Å². The molecule has 0 unspecified atom stereocenters. The van der Waals surface area contributed by atoms with Crippen LogP contribution in [0.1, 0.15) is 25.2 Å². The average Bonchev–Trinajstić information content (AvgIpc) is 3.10. The standard InChI is InChI=1S/C18H17ClN4O/c1-10-22-16(12-5-4-11(8-13(12)19)18(2,3)24)15-9-21-17-14(23(10)15)6-7-20-17/h4-9,20,24H,1-3H3. The van der Waals surface area contributed by atoms with E-state index in [4.69, 9.17) is 16.6 Å². The van der Waals surface area contributed by atoms with Gasteiger partial charge >= 0.3 is 0 Å². The predicted octanol–water partition coefficient (Wildman–Crippen LogP) is 4.07. The van der Waals surface area contributed by atoms with Crippen LogP contribution in [0.25, 0.3) is 27.9 Å². The van der Waals surface area contributed by atoms with Crippen LogP contribution < -0.4 is 0 Å². The van der Waals surface area contributed by atoms with E-state index in [0.29, 0.717) is 5.02 Å². The number of nitrogens with one attached hydrogen (secondary N) is 1. The van der Waals surface area contributed by atoms with E-state index in [1.807, 2.05) is 31.3 Å². The summed E-state index contributed by atoms with van der Waals surface area (Å²) in [5, 5.41) is 10.7. The van der Waals surface area contributed by atoms with Gasteiger partial charge in [0.15, 0.2) is 5.65 Å². The van der Waals surface area contributed by atoms with Crippen molar-refractivity contribution in [1.29, 1.82) is 0 Å². The van der Waals surface area contributed by atoms with Gasteiger partial charge in [0.2, 0.25) is 0 Å². The number of halogens is 1. The number of hydrogen-bond donors (Lipinski definition) is 2. The first-order chi connectivity index (χ1) is 11.4. The number of nitrogens with zero attached hydrogens (tertiary/aromatic N) is 3. The molecular formula is C18H17ClN4O. The van der Waals surface area contributed by atoms with Gasteiger partial charge < -0.3 is 10.1 Å². The minimum atomic E-state index is -0.937. The molecule has 0 aliphatic heterocycles. The Hall–Kier alpha value is -2.37. The molecule has 0 aliphatic carbocycles. The molecule has 6 heteroatoms. The number of imidazole rings is 1. The van der Waals surface area contributed by atoms with E-state index in [2.05, 4.69) is 14.4 Å². The Morgan fingerprint density at radius 1 is 1.21 bits per heavy atom. The van der Waals surface area contributed by atoms with E-state index in [-0.39, 0.29) is 0 Å². The zero-order valence-corrected chi connectivity index (χ0v) is 14.4. The first-order valence-electron chi connectivity index (χ1n) is 7.70. The Morgan fingerprint density at radius 3 is 2.71 bits per heavy atom. The number of rotatable bonds is 2. The monoisotopic (exact) mass is 340 g/mol. The molecule has 5 nitrogen and oxygen atoms in total. The van der Waals surface area contributed by atoms with Gasteiger partial charge in [-0.15, -0.1) is 0 Å². The third kappa shape index (κ3) is 2.20. The fourth-order valence-electron chi connectivity index (χ4n) is 3.02. The average molecular weight is 341 g/mol. The topological polar surface area (TPSA) is 66.2 Å². The van der Waals surface area contributed by atoms with Crippen molar-refractivity contribution >= 4 is 28.3 Å². The number of H-pyrrole nitrogens is 1. The Bertz CT molecular complexity index is 1070. The second-order valence-electron chi connectivity index (χ2n) is 6.45. The van der Waals surface area contributed by atoms with E-state index in [1.54, 1.807) is 26.1 Å². The van der Waals surface area contributed by atoms with Crippen LogP contribution in [0.2, 0.25) is 5.02 Å². The maximum absolute atomic E-state index is 10.2. The molecular weight excluding hydrogens is 324 g/mol. The van der Waals surface area contributed by atoms with E-state index in [0.717, 1.165) is 39.3 Å². The molecule has 24 heavy (non-hydrogen) atoms. The minimum absolute atomic E-state index is 0.559. The first-order valence-corrected chi connectivity index (χ1v) is 8.08. The van der Waals surface area contributed by atoms with Gasteiger partial charge in [0, 0.05) is 11.8 Å². The predicted molar refractivity (Wildman–Crippen MR) is 95.3 cm³/mol. The lowest BCUT2D eigenvalue weighted by atomic mass is 9.96. The lowest BCUT2D eigenvalue weighted by molar-refractivity contribution is 0.0786. The number of aliphatic hydroxyl groups is 1. The molecule has 0 spiro atoms. The second-order valence-corrected chi connectivity index (χ2v) is 6.86. The molecule has 3 heterocycles. The van der Waals surface area contributed by atoms with E-state index < -0.39 is 5.60 Å². The summed E-state index contributed by atoms with van der Waals surface area (Å²) in [6, 6.07) is 7.55. The molecule has 0 saturated heterocycles. The molecule has 0 radical (unpaired) electrons. The highest BCUT2D eigenvalue weighted by Crippen LogP contribution is 2.34. The third-order valence-corrected chi connectivity index (χ3v) is 4.58. The van der Waals surface area contributed by atoms with Gasteiger partial charge in [-0.25, -0.2) is 9.97 Å². The number of fused-ring (bicyclic) bond motifs is 3. The van der Waals surface area contributed by atoms with Gasteiger partial charge in [-0.3, -0.25) is 4.40 Å². The molecule has 4 rings (SSSR count). The van der Waals surface area contributed by atoms with Gasteiger partial charge in [0.05, 0.1) is 33.5 Å². The zero-order valence-electron chi connectivity index (χ0n) is 13.6. The summed E-state index contributed by atoms with van der Waals surface area (Å²) in [4.78, 5) is 12.3. The summed E-state index contributed by atoms with van der Waals surface area (Å²) < 4.78 is 2.06. The molecule has 0 atom stereocenters. The summed E-state index contributed by atoms with van der Waals surface area (Å²) in [6.07, 6.45) is 3.66. The maximum Gasteiger partial charge on any atom is 0.154 e. The fraction of sp³-hybridized carbons (Fsp3) is 0.222. The van der Waals surface area contributed by atoms with Crippen LogP contribution in [0.15, 0.2) is 36.7 Å². The van der Waals surface area contributed by atoms with Crippen LogP contribution in [0, 0.1) is 6.92 Å². The molecule has 122 valence electrons. The third-order valence-electron chi connectivity index (χ3n) is 4.27. The van der Waals surface area contributed by atoms with Crippen LogP contribution in [0.5, 0.6) is 0 Å². The number of aryl methyl sites for hydroxylation is 1. The molecule has 0 fully saturated rings. The molecule has 0 amide bonds. The van der Waals surface area contributed by atoms with Gasteiger partial charge in [0.1, 0.15) is 5.82 Å². The first kappa shape index (κ1) is 15.2. The SMILES string of the molecule is Cc1nc(-c2ccc(C(C)(C)O)cc2Cl)c2cnc3[nH]ccc3n12. The van der Waals surface area contributed by atoms with Crippen molar-refractivity contribution in [2.45, 2.75) is 26.4 Å². The van der Waals surface area contributed by atoms with Crippen molar-refractivity contribution in [2.24, 2.45) is 0 Å². The lowest BCUT2D eigenvalue weighted by Gasteiger charge is -2.18. The Morgan fingerprint density at radius 2 is 2.00 bits per heavy atom. The summed E-state index contributed by atoms with van der Waals surface area (Å²) in [7, 11) is 0. The zero-order chi connectivity index (χ0) is 17.1. The molecule has 4 aromatic rings. The van der Waals surface area contributed by atoms with Gasteiger partial charge in [-0.05, 0) is 38.5 Å². The van der Waals surface area contributed by atoms with Crippen molar-refractivity contribution in [3.8, 4) is 11.3 Å². The van der Waals surface area contributed by atoms with Crippen LogP contribution in [0.3, 0.4) is 0 Å². The highest BCUT2D eigenvalue weighted by Gasteiger charge is 2.20. The van der Waals surface area contributed by atoms with Crippen LogP contribution in [0.4, 0.5) is 0 Å². The Kier molecular flexibility index (Phi) is 3.20. The number of aromatic amines is 1.